The lowest BCUT2D eigenvalue weighted by Gasteiger charge is -2.14. The maximum absolute atomic E-state index is 12.1. The van der Waals surface area contributed by atoms with Crippen molar-refractivity contribution in [3.8, 4) is 0 Å². The normalized spacial score (nSPS) is 12.8. The van der Waals surface area contributed by atoms with E-state index in [0.29, 0.717) is 5.56 Å². The fourth-order valence-corrected chi connectivity index (χ4v) is 3.06. The van der Waals surface area contributed by atoms with Gasteiger partial charge in [-0.05, 0) is 44.0 Å². The first-order valence-electron chi connectivity index (χ1n) is 7.06. The molecule has 1 unspecified atom stereocenters. The molecular formula is C15H24N2O3S. The Kier molecular flexibility index (Phi) is 6.20. The molecule has 1 amide bonds. The number of anilines is 1. The van der Waals surface area contributed by atoms with Gasteiger partial charge in [0.2, 0.25) is 0 Å². The Hall–Kier alpha value is -1.56. The van der Waals surface area contributed by atoms with Gasteiger partial charge in [-0.3, -0.25) is 4.79 Å². The van der Waals surface area contributed by atoms with Crippen molar-refractivity contribution in [2.45, 2.75) is 33.2 Å². The maximum Gasteiger partial charge on any atom is 0.251 e. The highest BCUT2D eigenvalue weighted by molar-refractivity contribution is 7.90. The Morgan fingerprint density at radius 2 is 2.00 bits per heavy atom. The molecule has 2 N–H and O–H groups in total. The summed E-state index contributed by atoms with van der Waals surface area (Å²) in [7, 11) is -3.10. The standard InChI is InChI=1S/C15H24N2O3S/c1-5-8-16-14-7-6-13(9-11(14)2)15(18)17-12(3)10-21(4,19)20/h6-7,9,12,16H,5,8,10H2,1-4H3,(H,17,18). The van der Waals surface area contributed by atoms with Crippen LogP contribution in [-0.4, -0.2) is 38.9 Å². The first-order chi connectivity index (χ1) is 9.73. The van der Waals surface area contributed by atoms with Crippen LogP contribution in [0.5, 0.6) is 0 Å². The summed E-state index contributed by atoms with van der Waals surface area (Å²) < 4.78 is 22.4. The molecule has 1 aromatic carbocycles. The van der Waals surface area contributed by atoms with Crippen LogP contribution in [0, 0.1) is 6.92 Å². The Balaban J connectivity index is 2.73. The molecule has 0 saturated carbocycles. The lowest BCUT2D eigenvalue weighted by molar-refractivity contribution is 0.0943. The molecule has 1 aromatic rings. The molecule has 0 bridgehead atoms. The smallest absolute Gasteiger partial charge is 0.251 e. The van der Waals surface area contributed by atoms with Gasteiger partial charge in [-0.25, -0.2) is 8.42 Å². The van der Waals surface area contributed by atoms with Crippen LogP contribution in [0.3, 0.4) is 0 Å². The second-order valence-electron chi connectivity index (χ2n) is 5.42. The van der Waals surface area contributed by atoms with Crippen molar-refractivity contribution in [1.82, 2.24) is 5.32 Å². The Labute approximate surface area is 127 Å². The van der Waals surface area contributed by atoms with E-state index in [4.69, 9.17) is 0 Å². The number of carbonyl (C=O) groups excluding carboxylic acids is 1. The molecule has 0 aliphatic rings. The highest BCUT2D eigenvalue weighted by Gasteiger charge is 2.14. The van der Waals surface area contributed by atoms with Crippen molar-refractivity contribution in [2.24, 2.45) is 0 Å². The molecular weight excluding hydrogens is 288 g/mol. The van der Waals surface area contributed by atoms with Gasteiger partial charge in [-0.2, -0.15) is 0 Å². The van der Waals surface area contributed by atoms with E-state index in [-0.39, 0.29) is 11.7 Å². The van der Waals surface area contributed by atoms with Crippen LogP contribution >= 0.6 is 0 Å². The summed E-state index contributed by atoms with van der Waals surface area (Å²) in [6.07, 6.45) is 2.19. The summed E-state index contributed by atoms with van der Waals surface area (Å²) >= 11 is 0. The molecule has 21 heavy (non-hydrogen) atoms. The summed E-state index contributed by atoms with van der Waals surface area (Å²) in [5.74, 6) is -0.315. The van der Waals surface area contributed by atoms with Crippen molar-refractivity contribution in [3.05, 3.63) is 29.3 Å². The quantitative estimate of drug-likeness (QED) is 0.807. The van der Waals surface area contributed by atoms with E-state index in [1.807, 2.05) is 13.0 Å². The third kappa shape index (κ3) is 6.16. The summed E-state index contributed by atoms with van der Waals surface area (Å²) in [5.41, 5.74) is 2.54. The molecule has 0 fully saturated rings. The number of sulfone groups is 1. The van der Waals surface area contributed by atoms with Crippen LogP contribution in [0.15, 0.2) is 18.2 Å². The van der Waals surface area contributed by atoms with E-state index in [2.05, 4.69) is 17.6 Å². The molecule has 6 heteroatoms. The lowest BCUT2D eigenvalue weighted by Crippen LogP contribution is -2.37. The van der Waals surface area contributed by atoms with Crippen LogP contribution in [0.25, 0.3) is 0 Å². The van der Waals surface area contributed by atoms with Gasteiger partial charge in [-0.1, -0.05) is 6.92 Å². The molecule has 0 heterocycles. The zero-order valence-corrected chi connectivity index (χ0v) is 13.9. The highest BCUT2D eigenvalue weighted by Crippen LogP contribution is 2.16. The third-order valence-electron chi connectivity index (χ3n) is 2.98. The van der Waals surface area contributed by atoms with Gasteiger partial charge in [0.25, 0.3) is 5.91 Å². The van der Waals surface area contributed by atoms with Crippen molar-refractivity contribution in [3.63, 3.8) is 0 Å². The van der Waals surface area contributed by atoms with Gasteiger partial charge in [0, 0.05) is 30.1 Å². The molecule has 118 valence electrons. The monoisotopic (exact) mass is 312 g/mol. The zero-order valence-electron chi connectivity index (χ0n) is 13.1. The predicted octanol–water partition coefficient (Wildman–Crippen LogP) is 1.98. The van der Waals surface area contributed by atoms with Crippen molar-refractivity contribution in [1.29, 1.82) is 0 Å². The molecule has 0 spiro atoms. The fourth-order valence-electron chi connectivity index (χ4n) is 2.07. The summed E-state index contributed by atoms with van der Waals surface area (Å²) in [6, 6.07) is 5.01. The van der Waals surface area contributed by atoms with Crippen LogP contribution < -0.4 is 10.6 Å². The van der Waals surface area contributed by atoms with Crippen LogP contribution in [0.4, 0.5) is 5.69 Å². The van der Waals surface area contributed by atoms with E-state index < -0.39 is 15.9 Å². The second-order valence-corrected chi connectivity index (χ2v) is 7.61. The summed E-state index contributed by atoms with van der Waals surface area (Å²) in [4.78, 5) is 12.1. The number of nitrogens with one attached hydrogen (secondary N) is 2. The van der Waals surface area contributed by atoms with Crippen molar-refractivity contribution >= 4 is 21.4 Å². The number of hydrogen-bond acceptors (Lipinski definition) is 4. The van der Waals surface area contributed by atoms with Crippen LogP contribution in [0.1, 0.15) is 36.2 Å². The maximum atomic E-state index is 12.1. The van der Waals surface area contributed by atoms with E-state index in [9.17, 15) is 13.2 Å². The largest absolute Gasteiger partial charge is 0.385 e. The SMILES string of the molecule is CCCNc1ccc(C(=O)NC(C)CS(C)(=O)=O)cc1C. The number of amides is 1. The first kappa shape index (κ1) is 17.5. The average Bonchev–Trinajstić information content (AvgIpc) is 2.34. The fraction of sp³-hybridized carbons (Fsp3) is 0.533. The van der Waals surface area contributed by atoms with E-state index in [0.717, 1.165) is 30.5 Å². The van der Waals surface area contributed by atoms with Gasteiger partial charge in [0.1, 0.15) is 9.84 Å². The van der Waals surface area contributed by atoms with Crippen molar-refractivity contribution in [2.75, 3.05) is 23.9 Å². The van der Waals surface area contributed by atoms with E-state index in [1.165, 1.54) is 0 Å². The highest BCUT2D eigenvalue weighted by atomic mass is 32.2. The van der Waals surface area contributed by atoms with Gasteiger partial charge in [0.05, 0.1) is 5.75 Å². The number of hydrogen-bond donors (Lipinski definition) is 2. The minimum absolute atomic E-state index is 0.0616. The lowest BCUT2D eigenvalue weighted by atomic mass is 10.1. The molecule has 1 atom stereocenters. The predicted molar refractivity (Wildman–Crippen MR) is 86.6 cm³/mol. The molecule has 1 rings (SSSR count). The van der Waals surface area contributed by atoms with Crippen molar-refractivity contribution < 1.29 is 13.2 Å². The minimum Gasteiger partial charge on any atom is -0.385 e. The third-order valence-corrected chi connectivity index (χ3v) is 4.09. The molecule has 0 aromatic heterocycles. The Morgan fingerprint density at radius 3 is 2.52 bits per heavy atom. The van der Waals surface area contributed by atoms with Gasteiger partial charge >= 0.3 is 0 Å². The van der Waals surface area contributed by atoms with E-state index >= 15 is 0 Å². The van der Waals surface area contributed by atoms with Gasteiger partial charge < -0.3 is 10.6 Å². The molecule has 0 aliphatic heterocycles. The average molecular weight is 312 g/mol. The minimum atomic E-state index is -3.10. The van der Waals surface area contributed by atoms with Crippen LogP contribution in [0.2, 0.25) is 0 Å². The van der Waals surface area contributed by atoms with Gasteiger partial charge in [0.15, 0.2) is 0 Å². The molecule has 0 radical (unpaired) electrons. The van der Waals surface area contributed by atoms with Crippen LogP contribution in [-0.2, 0) is 9.84 Å². The Morgan fingerprint density at radius 1 is 1.33 bits per heavy atom. The number of carbonyl (C=O) groups is 1. The summed E-state index contributed by atoms with van der Waals surface area (Å²) in [6.45, 7) is 6.60. The Bertz CT molecular complexity index is 597. The van der Waals surface area contributed by atoms with Gasteiger partial charge in [-0.15, -0.1) is 0 Å². The molecule has 5 nitrogen and oxygen atoms in total. The molecule has 0 aliphatic carbocycles. The summed E-state index contributed by atoms with van der Waals surface area (Å²) in [5, 5.41) is 5.99. The topological polar surface area (TPSA) is 75.3 Å². The second kappa shape index (κ2) is 7.45. The number of benzene rings is 1. The molecule has 0 saturated heterocycles. The van der Waals surface area contributed by atoms with E-state index in [1.54, 1.807) is 19.1 Å². The number of rotatable bonds is 7. The number of aryl methyl sites for hydroxylation is 1. The first-order valence-corrected chi connectivity index (χ1v) is 9.12. The zero-order chi connectivity index (χ0) is 16.0.